The molecule has 8 heteroatoms. The summed E-state index contributed by atoms with van der Waals surface area (Å²) in [7, 11) is 0. The van der Waals surface area contributed by atoms with Gasteiger partial charge in [0.15, 0.2) is 0 Å². The van der Waals surface area contributed by atoms with Gasteiger partial charge in [0.2, 0.25) is 0 Å². The Morgan fingerprint density at radius 1 is 0.375 bits per heavy atom. The summed E-state index contributed by atoms with van der Waals surface area (Å²) in [5.74, 6) is 0. The summed E-state index contributed by atoms with van der Waals surface area (Å²) in [6.45, 7) is 0. The third-order valence-corrected chi connectivity index (χ3v) is 0. The van der Waals surface area contributed by atoms with Gasteiger partial charge in [-0.3, -0.25) is 0 Å². The molecule has 0 aliphatic carbocycles. The third-order valence-electron chi connectivity index (χ3n) is 0. The monoisotopic (exact) mass is 319 g/mol. The van der Waals surface area contributed by atoms with E-state index in [1.54, 1.807) is 0 Å². The Morgan fingerprint density at radius 2 is 0.375 bits per heavy atom. The summed E-state index contributed by atoms with van der Waals surface area (Å²) in [5.41, 5.74) is 0. The van der Waals surface area contributed by atoms with E-state index in [2.05, 4.69) is 0 Å². The second kappa shape index (κ2) is 136. The maximum Gasteiger partial charge on any atom is 6.00 e. The van der Waals surface area contributed by atoms with Crippen molar-refractivity contribution in [3.05, 3.63) is 24.6 Å². The first-order valence-electron chi connectivity index (χ1n) is 0. The van der Waals surface area contributed by atoms with E-state index in [9.17, 15) is 0 Å². The van der Waals surface area contributed by atoms with Crippen molar-refractivity contribution >= 4 is 0 Å². The van der Waals surface area contributed by atoms with E-state index in [1.807, 2.05) is 0 Å². The first-order chi connectivity index (χ1) is 0. The Labute approximate surface area is 96.1 Å². The Hall–Kier alpha value is 2.09. The summed E-state index contributed by atoms with van der Waals surface area (Å²) in [4.78, 5) is 0. The quantitative estimate of drug-likeness (QED) is 0.595. The van der Waals surface area contributed by atoms with Crippen LogP contribution in [0.3, 0.4) is 0 Å². The molecular formula is Mn3MoN4. The minimum Gasteiger partial charge on any atom is -3.00 e. The van der Waals surface area contributed by atoms with Crippen molar-refractivity contribution in [2.45, 2.75) is 0 Å². The van der Waals surface area contributed by atoms with Gasteiger partial charge in [0, 0.05) is 0 Å². The first kappa shape index (κ1) is 191. The fourth-order valence-electron chi connectivity index (χ4n) is 0. The SMILES string of the molecule is [Mn+2].[Mn+2].[Mn+2].[Mo+6].[N-3].[N-3].[N-3].[N-3]. The average Bonchev–Trinajstić information content (AvgIpc) is 0. The van der Waals surface area contributed by atoms with Crippen LogP contribution in [0.2, 0.25) is 0 Å². The van der Waals surface area contributed by atoms with E-state index in [0.29, 0.717) is 0 Å². The molecule has 0 saturated heterocycles. The van der Waals surface area contributed by atoms with Gasteiger partial charge in [-0.1, -0.05) is 0 Å². The molecular weight excluding hydrogens is 317 g/mol. The minimum atomic E-state index is 0. The fourth-order valence-corrected chi connectivity index (χ4v) is 0. The maximum atomic E-state index is 0. The molecule has 0 aromatic carbocycles. The summed E-state index contributed by atoms with van der Waals surface area (Å²) >= 11 is 0. The van der Waals surface area contributed by atoms with Crippen molar-refractivity contribution in [3.63, 3.8) is 0 Å². The van der Waals surface area contributed by atoms with E-state index in [-0.39, 0.29) is 96.9 Å². The molecule has 8 heavy (non-hydrogen) atoms. The van der Waals surface area contributed by atoms with Crippen molar-refractivity contribution in [2.24, 2.45) is 0 Å². The number of hydrogen-bond donors (Lipinski definition) is 0. The summed E-state index contributed by atoms with van der Waals surface area (Å²) in [6, 6.07) is 0. The molecule has 0 amide bonds. The van der Waals surface area contributed by atoms with Crippen LogP contribution in [0, 0.1) is 0 Å². The zero-order chi connectivity index (χ0) is 0. The molecule has 0 aromatic rings. The second-order valence-corrected chi connectivity index (χ2v) is 0. The van der Waals surface area contributed by atoms with Gasteiger partial charge < -0.3 is 24.6 Å². The maximum absolute atomic E-state index is 0. The van der Waals surface area contributed by atoms with Crippen LogP contribution in [0.15, 0.2) is 0 Å². The van der Waals surface area contributed by atoms with Crippen molar-refractivity contribution < 1.29 is 72.3 Å². The van der Waals surface area contributed by atoms with Crippen molar-refractivity contribution in [1.82, 2.24) is 0 Å². The summed E-state index contributed by atoms with van der Waals surface area (Å²) in [5, 5.41) is 0. The molecule has 0 heterocycles. The summed E-state index contributed by atoms with van der Waals surface area (Å²) in [6.07, 6.45) is 0. The molecule has 0 fully saturated rings. The van der Waals surface area contributed by atoms with Gasteiger partial charge in [0.25, 0.3) is 0 Å². The van der Waals surface area contributed by atoms with Gasteiger partial charge in [-0.05, 0) is 0 Å². The van der Waals surface area contributed by atoms with Crippen LogP contribution in [0.5, 0.6) is 0 Å². The van der Waals surface area contributed by atoms with Gasteiger partial charge in [-0.15, -0.1) is 0 Å². The van der Waals surface area contributed by atoms with Crippen molar-refractivity contribution in [2.75, 3.05) is 0 Å². The molecule has 0 N–H and O–H groups in total. The second-order valence-electron chi connectivity index (χ2n) is 0. The van der Waals surface area contributed by atoms with Crippen LogP contribution in [-0.2, 0) is 72.3 Å². The molecule has 3 radical (unpaired) electrons. The fraction of sp³-hybridized carbons (Fsp3) is 0. The minimum absolute atomic E-state index is 0. The molecule has 47 valence electrons. The molecule has 0 atom stereocenters. The molecule has 0 spiro atoms. The molecule has 0 aliphatic heterocycles. The van der Waals surface area contributed by atoms with Gasteiger partial charge >= 0.3 is 72.3 Å². The predicted molar refractivity (Wildman–Crippen MR) is 13.4 cm³/mol. The van der Waals surface area contributed by atoms with Crippen LogP contribution in [0.1, 0.15) is 0 Å². The zero-order valence-electron chi connectivity index (χ0n) is 3.33. The van der Waals surface area contributed by atoms with Crippen molar-refractivity contribution in [1.29, 1.82) is 0 Å². The molecule has 0 saturated carbocycles. The van der Waals surface area contributed by atoms with Crippen LogP contribution in [0.4, 0.5) is 0 Å². The average molecular weight is 317 g/mol. The zero-order valence-corrected chi connectivity index (χ0v) is 8.88. The van der Waals surface area contributed by atoms with Crippen LogP contribution >= 0.6 is 0 Å². The van der Waals surface area contributed by atoms with E-state index in [1.165, 1.54) is 0 Å². The Balaban J connectivity index is 0. The number of nitrogens with zero attached hydrogens (tertiary/aromatic N) is 4. The Morgan fingerprint density at radius 3 is 0.375 bits per heavy atom. The molecule has 0 aliphatic rings. The van der Waals surface area contributed by atoms with Crippen LogP contribution < -0.4 is 0 Å². The topological polar surface area (TPSA) is 122 Å². The van der Waals surface area contributed by atoms with E-state index in [4.69, 9.17) is 0 Å². The smallest absolute Gasteiger partial charge is 3.00 e. The van der Waals surface area contributed by atoms with E-state index in [0.717, 1.165) is 0 Å². The standard InChI is InChI=1S/3Mn.Mo.4N/q3*+2;+6;4*-3. The molecule has 0 rings (SSSR count). The van der Waals surface area contributed by atoms with Gasteiger partial charge in [0.1, 0.15) is 0 Å². The Bertz CT molecular complexity index is 11.2. The number of hydrogen-bond acceptors (Lipinski definition) is 0. The van der Waals surface area contributed by atoms with Crippen molar-refractivity contribution in [3.8, 4) is 0 Å². The van der Waals surface area contributed by atoms with Gasteiger partial charge in [-0.2, -0.15) is 0 Å². The van der Waals surface area contributed by atoms with Crippen LogP contribution in [-0.4, -0.2) is 0 Å². The van der Waals surface area contributed by atoms with Gasteiger partial charge in [-0.25, -0.2) is 0 Å². The molecule has 4 nitrogen and oxygen atoms in total. The third kappa shape index (κ3) is 93.3. The first-order valence-corrected chi connectivity index (χ1v) is 0. The largest absolute Gasteiger partial charge is 6.00 e. The number of rotatable bonds is 0. The molecule has 0 aromatic heterocycles. The molecule has 0 bridgehead atoms. The summed E-state index contributed by atoms with van der Waals surface area (Å²) < 4.78 is 0. The van der Waals surface area contributed by atoms with Crippen LogP contribution in [0.25, 0.3) is 24.6 Å². The molecule has 0 unspecified atom stereocenters. The van der Waals surface area contributed by atoms with E-state index >= 15 is 0 Å². The normalized spacial score (nSPS) is 0. The predicted octanol–water partition coefficient (Wildman–Crippen LogP) is 1.14. The van der Waals surface area contributed by atoms with E-state index < -0.39 is 0 Å². The van der Waals surface area contributed by atoms with Gasteiger partial charge in [0.05, 0.1) is 0 Å². The Kier molecular flexibility index (Phi) is 3260.